The molecule has 1 heterocycles. The van der Waals surface area contributed by atoms with Crippen LogP contribution in [0.15, 0.2) is 48.5 Å². The van der Waals surface area contributed by atoms with E-state index in [1.807, 2.05) is 31.2 Å². The Labute approximate surface area is 171 Å². The van der Waals surface area contributed by atoms with Crippen molar-refractivity contribution in [3.63, 3.8) is 0 Å². The van der Waals surface area contributed by atoms with Crippen LogP contribution in [0.3, 0.4) is 0 Å². The highest BCUT2D eigenvalue weighted by Gasteiger charge is 2.31. The smallest absolute Gasteiger partial charge is 0.282 e. The van der Waals surface area contributed by atoms with Crippen LogP contribution in [0.4, 0.5) is 5.69 Å². The van der Waals surface area contributed by atoms with Crippen molar-refractivity contribution in [2.45, 2.75) is 26.4 Å². The lowest BCUT2D eigenvalue weighted by molar-refractivity contribution is -1.02. The summed E-state index contributed by atoms with van der Waals surface area (Å²) in [4.78, 5) is 27.0. The monoisotopic (exact) mass is 401 g/mol. The summed E-state index contributed by atoms with van der Waals surface area (Å²) in [5.74, 6) is -0.0115. The summed E-state index contributed by atoms with van der Waals surface area (Å²) in [7, 11) is 0. The number of hydrogen-bond acceptors (Lipinski definition) is 2. The molecule has 1 aliphatic heterocycles. The Morgan fingerprint density at radius 2 is 1.79 bits per heavy atom. The molecule has 0 unspecified atom stereocenters. The third-order valence-corrected chi connectivity index (χ3v) is 5.72. The fourth-order valence-electron chi connectivity index (χ4n) is 3.72. The second-order valence-electron chi connectivity index (χ2n) is 7.56. The molecule has 6 heteroatoms. The molecule has 2 aromatic carbocycles. The number of Topliss-reactive ketones (excluding diaryl/α,β-unsaturated/α-hetero) is 1. The van der Waals surface area contributed by atoms with E-state index in [0.29, 0.717) is 11.3 Å². The number of rotatable bonds is 6. The lowest BCUT2D eigenvalue weighted by Crippen LogP contribution is -3.29. The summed E-state index contributed by atoms with van der Waals surface area (Å²) >= 11 is 6.08. The standard InChI is InChI=1S/C22H26ClN3O2/c1-16(22(28)24-21-8-4-6-19(14-21)17(2)27)26-11-9-25(10-12-26)15-18-5-3-7-20(23)13-18/h3-8,13-14,16H,9-12,15H2,1-2H3,(H,24,28)/p+2/t16-/m1/s1. The van der Waals surface area contributed by atoms with Gasteiger partial charge in [0.2, 0.25) is 0 Å². The Morgan fingerprint density at radius 3 is 2.46 bits per heavy atom. The topological polar surface area (TPSA) is 55.0 Å². The highest BCUT2D eigenvalue weighted by Crippen LogP contribution is 2.11. The van der Waals surface area contributed by atoms with Gasteiger partial charge < -0.3 is 15.1 Å². The van der Waals surface area contributed by atoms with E-state index in [2.05, 4.69) is 11.4 Å². The normalized spacial score (nSPS) is 20.4. The van der Waals surface area contributed by atoms with Crippen LogP contribution in [0, 0.1) is 0 Å². The Bertz CT molecular complexity index is 847. The van der Waals surface area contributed by atoms with Crippen LogP contribution in [0.5, 0.6) is 0 Å². The number of piperazine rings is 1. The van der Waals surface area contributed by atoms with E-state index < -0.39 is 0 Å². The number of halogens is 1. The molecule has 148 valence electrons. The summed E-state index contributed by atoms with van der Waals surface area (Å²) in [6, 6.07) is 15.0. The zero-order valence-electron chi connectivity index (χ0n) is 16.4. The number of quaternary nitrogens is 2. The highest BCUT2D eigenvalue weighted by molar-refractivity contribution is 6.30. The second-order valence-corrected chi connectivity index (χ2v) is 8.00. The molecular weight excluding hydrogens is 374 g/mol. The van der Waals surface area contributed by atoms with Crippen molar-refractivity contribution in [3.05, 3.63) is 64.7 Å². The molecule has 1 saturated heterocycles. The molecule has 5 nitrogen and oxygen atoms in total. The van der Waals surface area contributed by atoms with Crippen molar-refractivity contribution in [1.82, 2.24) is 0 Å². The molecule has 0 radical (unpaired) electrons. The molecule has 3 rings (SSSR count). The fraction of sp³-hybridized carbons (Fsp3) is 0.364. The number of hydrogen-bond donors (Lipinski definition) is 3. The minimum atomic E-state index is -0.131. The number of anilines is 1. The maximum absolute atomic E-state index is 12.7. The van der Waals surface area contributed by atoms with Gasteiger partial charge in [0.1, 0.15) is 32.7 Å². The third-order valence-electron chi connectivity index (χ3n) is 5.48. The molecule has 1 aliphatic rings. The molecule has 1 amide bonds. The van der Waals surface area contributed by atoms with Gasteiger partial charge in [-0.2, -0.15) is 0 Å². The van der Waals surface area contributed by atoms with E-state index in [0.717, 1.165) is 37.7 Å². The van der Waals surface area contributed by atoms with Gasteiger partial charge in [0.15, 0.2) is 11.8 Å². The molecule has 0 aromatic heterocycles. The first-order valence-electron chi connectivity index (χ1n) is 9.77. The number of benzene rings is 2. The van der Waals surface area contributed by atoms with Crippen molar-refractivity contribution in [3.8, 4) is 0 Å². The van der Waals surface area contributed by atoms with Crippen LogP contribution in [0.1, 0.15) is 29.8 Å². The summed E-state index contributed by atoms with van der Waals surface area (Å²) in [5, 5.41) is 3.74. The van der Waals surface area contributed by atoms with Crippen molar-refractivity contribution < 1.29 is 19.4 Å². The van der Waals surface area contributed by atoms with Gasteiger partial charge in [-0.25, -0.2) is 0 Å². The van der Waals surface area contributed by atoms with Gasteiger partial charge in [-0.15, -0.1) is 0 Å². The Morgan fingerprint density at radius 1 is 1.07 bits per heavy atom. The summed E-state index contributed by atoms with van der Waals surface area (Å²) in [6.07, 6.45) is 0. The van der Waals surface area contributed by atoms with Gasteiger partial charge in [-0.3, -0.25) is 9.59 Å². The Balaban J connectivity index is 1.51. The molecule has 1 fully saturated rings. The first kappa shape index (κ1) is 20.5. The zero-order valence-corrected chi connectivity index (χ0v) is 17.2. The van der Waals surface area contributed by atoms with E-state index in [4.69, 9.17) is 11.6 Å². The average molecular weight is 402 g/mol. The largest absolute Gasteiger partial charge is 0.322 e. The zero-order chi connectivity index (χ0) is 20.1. The van der Waals surface area contributed by atoms with Crippen LogP contribution >= 0.6 is 11.6 Å². The van der Waals surface area contributed by atoms with E-state index in [-0.39, 0.29) is 17.7 Å². The molecule has 28 heavy (non-hydrogen) atoms. The fourth-order valence-corrected chi connectivity index (χ4v) is 3.93. The van der Waals surface area contributed by atoms with Crippen LogP contribution in [-0.2, 0) is 11.3 Å². The quantitative estimate of drug-likeness (QED) is 0.629. The van der Waals surface area contributed by atoms with Crippen LogP contribution in [0.2, 0.25) is 5.02 Å². The lowest BCUT2D eigenvalue weighted by Gasteiger charge is -2.32. The SMILES string of the molecule is CC(=O)c1cccc(NC(=O)[C@@H](C)[NH+]2CC[NH+](Cc3cccc(Cl)c3)CC2)c1. The molecule has 1 atom stereocenters. The van der Waals surface area contributed by atoms with Crippen LogP contribution in [0.25, 0.3) is 0 Å². The van der Waals surface area contributed by atoms with Crippen molar-refractivity contribution in [2.75, 3.05) is 31.5 Å². The van der Waals surface area contributed by atoms with Crippen molar-refractivity contribution in [2.24, 2.45) is 0 Å². The lowest BCUT2D eigenvalue weighted by atomic mass is 10.1. The first-order valence-corrected chi connectivity index (χ1v) is 10.1. The van der Waals surface area contributed by atoms with E-state index >= 15 is 0 Å². The van der Waals surface area contributed by atoms with Gasteiger partial charge in [0.25, 0.3) is 5.91 Å². The average Bonchev–Trinajstić information content (AvgIpc) is 2.68. The number of ketones is 1. The van der Waals surface area contributed by atoms with Gasteiger partial charge in [-0.05, 0) is 38.1 Å². The van der Waals surface area contributed by atoms with Gasteiger partial charge in [0.05, 0.1) is 0 Å². The third kappa shape index (κ3) is 5.41. The van der Waals surface area contributed by atoms with Gasteiger partial charge in [-0.1, -0.05) is 35.9 Å². The number of carbonyl (C=O) groups is 2. The van der Waals surface area contributed by atoms with Crippen LogP contribution in [-0.4, -0.2) is 43.9 Å². The van der Waals surface area contributed by atoms with Gasteiger partial charge >= 0.3 is 0 Å². The first-order chi connectivity index (χ1) is 13.4. The molecule has 2 aromatic rings. The highest BCUT2D eigenvalue weighted by atomic mass is 35.5. The summed E-state index contributed by atoms with van der Waals surface area (Å²) < 4.78 is 0. The number of carbonyl (C=O) groups excluding carboxylic acids is 2. The molecule has 0 spiro atoms. The number of nitrogens with one attached hydrogen (secondary N) is 3. The summed E-state index contributed by atoms with van der Waals surface area (Å²) in [6.45, 7) is 8.43. The minimum absolute atomic E-state index is 0.00556. The molecule has 0 saturated carbocycles. The maximum Gasteiger partial charge on any atom is 0.282 e. The maximum atomic E-state index is 12.7. The minimum Gasteiger partial charge on any atom is -0.322 e. The predicted molar refractivity (Wildman–Crippen MR) is 111 cm³/mol. The molecule has 0 aliphatic carbocycles. The predicted octanol–water partition coefficient (Wildman–Crippen LogP) is 0.853. The molecule has 3 N–H and O–H groups in total. The van der Waals surface area contributed by atoms with Crippen LogP contribution < -0.4 is 15.1 Å². The van der Waals surface area contributed by atoms with Crippen molar-refractivity contribution >= 4 is 29.0 Å². The Kier molecular flexibility index (Phi) is 6.83. The van der Waals surface area contributed by atoms with Crippen molar-refractivity contribution in [1.29, 1.82) is 0 Å². The van der Waals surface area contributed by atoms with Gasteiger partial charge in [0, 0.05) is 21.8 Å². The second kappa shape index (κ2) is 9.32. The van der Waals surface area contributed by atoms with E-state index in [9.17, 15) is 9.59 Å². The van der Waals surface area contributed by atoms with E-state index in [1.54, 1.807) is 18.2 Å². The molecule has 0 bridgehead atoms. The molecular formula is C22H28ClN3O2+2. The Hall–Kier alpha value is -2.21. The summed E-state index contributed by atoms with van der Waals surface area (Å²) in [5.41, 5.74) is 2.53. The van der Waals surface area contributed by atoms with E-state index in [1.165, 1.54) is 22.3 Å². The number of amides is 1.